The second-order valence-electron chi connectivity index (χ2n) is 7.20. The molecular weight excluding hydrogens is 374 g/mol. The molecule has 0 aliphatic carbocycles. The molecule has 146 valence electrons. The van der Waals surface area contributed by atoms with E-state index in [0.29, 0.717) is 11.6 Å². The molecule has 0 radical (unpaired) electrons. The monoisotopic (exact) mass is 397 g/mol. The summed E-state index contributed by atoms with van der Waals surface area (Å²) in [4.78, 5) is 25.0. The standard InChI is InChI=1S/C21H24ClN5O/c1-15-13-16(22)7-8-17(15)23-20(28)14-26-9-4-10-27(12-11-26)21-24-18-5-2-3-6-19(18)25-21/h2-3,5-8,13H,4,9-12,14H2,1H3,(H,23,28)(H,24,25). The highest BCUT2D eigenvalue weighted by molar-refractivity contribution is 6.30. The summed E-state index contributed by atoms with van der Waals surface area (Å²) < 4.78 is 0. The van der Waals surface area contributed by atoms with E-state index < -0.39 is 0 Å². The van der Waals surface area contributed by atoms with Crippen molar-refractivity contribution in [3.05, 3.63) is 53.1 Å². The summed E-state index contributed by atoms with van der Waals surface area (Å²) in [6.45, 7) is 5.81. The van der Waals surface area contributed by atoms with Crippen molar-refractivity contribution in [2.45, 2.75) is 13.3 Å². The normalized spacial score (nSPS) is 15.6. The van der Waals surface area contributed by atoms with Crippen LogP contribution in [0.3, 0.4) is 0 Å². The lowest BCUT2D eigenvalue weighted by molar-refractivity contribution is -0.117. The summed E-state index contributed by atoms with van der Waals surface area (Å²) in [7, 11) is 0. The largest absolute Gasteiger partial charge is 0.341 e. The third kappa shape index (κ3) is 4.29. The number of nitrogens with zero attached hydrogens (tertiary/aromatic N) is 3. The number of amides is 1. The van der Waals surface area contributed by atoms with Crippen LogP contribution < -0.4 is 10.2 Å². The summed E-state index contributed by atoms with van der Waals surface area (Å²) in [6.07, 6.45) is 0.990. The van der Waals surface area contributed by atoms with Gasteiger partial charge in [0.25, 0.3) is 0 Å². The van der Waals surface area contributed by atoms with E-state index in [1.807, 2.05) is 43.3 Å². The second-order valence-corrected chi connectivity index (χ2v) is 7.64. The van der Waals surface area contributed by atoms with Crippen molar-refractivity contribution in [2.24, 2.45) is 0 Å². The Kier molecular flexibility index (Phi) is 5.50. The molecule has 6 nitrogen and oxygen atoms in total. The number of hydrogen-bond donors (Lipinski definition) is 2. The Balaban J connectivity index is 1.35. The van der Waals surface area contributed by atoms with Gasteiger partial charge in [-0.2, -0.15) is 0 Å². The van der Waals surface area contributed by atoms with Gasteiger partial charge in [-0.25, -0.2) is 4.98 Å². The van der Waals surface area contributed by atoms with Gasteiger partial charge in [-0.1, -0.05) is 23.7 Å². The van der Waals surface area contributed by atoms with Crippen LogP contribution in [0.1, 0.15) is 12.0 Å². The third-order valence-electron chi connectivity index (χ3n) is 5.09. The average Bonchev–Trinajstić information content (AvgIpc) is 2.97. The number of aromatic amines is 1. The van der Waals surface area contributed by atoms with Crippen LogP contribution in [0.5, 0.6) is 0 Å². The zero-order chi connectivity index (χ0) is 19.5. The van der Waals surface area contributed by atoms with Crippen LogP contribution in [0.4, 0.5) is 11.6 Å². The lowest BCUT2D eigenvalue weighted by Crippen LogP contribution is -2.36. The topological polar surface area (TPSA) is 64.3 Å². The molecule has 28 heavy (non-hydrogen) atoms. The minimum Gasteiger partial charge on any atom is -0.341 e. The number of rotatable bonds is 4. The predicted octanol–water partition coefficient (Wildman–Crippen LogP) is 3.68. The summed E-state index contributed by atoms with van der Waals surface area (Å²) in [5.74, 6) is 0.909. The molecule has 0 bridgehead atoms. The van der Waals surface area contributed by atoms with Crippen LogP contribution in [0, 0.1) is 6.92 Å². The number of imidazole rings is 1. The van der Waals surface area contributed by atoms with Crippen molar-refractivity contribution in [3.63, 3.8) is 0 Å². The van der Waals surface area contributed by atoms with Crippen molar-refractivity contribution < 1.29 is 4.79 Å². The van der Waals surface area contributed by atoms with Gasteiger partial charge >= 0.3 is 0 Å². The number of aryl methyl sites for hydroxylation is 1. The molecule has 0 unspecified atom stereocenters. The lowest BCUT2D eigenvalue weighted by Gasteiger charge is -2.21. The van der Waals surface area contributed by atoms with Crippen LogP contribution in [-0.2, 0) is 4.79 Å². The molecule has 2 aromatic carbocycles. The molecule has 1 aromatic heterocycles. The van der Waals surface area contributed by atoms with Gasteiger partial charge in [0.05, 0.1) is 17.6 Å². The van der Waals surface area contributed by atoms with Crippen molar-refractivity contribution in [1.82, 2.24) is 14.9 Å². The first-order chi connectivity index (χ1) is 13.6. The number of anilines is 2. The molecule has 0 atom stereocenters. The maximum Gasteiger partial charge on any atom is 0.238 e. The van der Waals surface area contributed by atoms with E-state index in [2.05, 4.69) is 20.1 Å². The van der Waals surface area contributed by atoms with Gasteiger partial charge in [-0.05, 0) is 49.2 Å². The van der Waals surface area contributed by atoms with Crippen molar-refractivity contribution in [3.8, 4) is 0 Å². The SMILES string of the molecule is Cc1cc(Cl)ccc1NC(=O)CN1CCCN(c2nc3ccccc3[nH]2)CC1. The van der Waals surface area contributed by atoms with Crippen LogP contribution in [0.2, 0.25) is 5.02 Å². The van der Waals surface area contributed by atoms with E-state index in [-0.39, 0.29) is 5.91 Å². The number of nitrogens with one attached hydrogen (secondary N) is 2. The predicted molar refractivity (Wildman–Crippen MR) is 114 cm³/mol. The highest BCUT2D eigenvalue weighted by atomic mass is 35.5. The van der Waals surface area contributed by atoms with E-state index in [4.69, 9.17) is 16.6 Å². The van der Waals surface area contributed by atoms with Gasteiger partial charge in [0.2, 0.25) is 11.9 Å². The van der Waals surface area contributed by atoms with Crippen LogP contribution >= 0.6 is 11.6 Å². The van der Waals surface area contributed by atoms with Gasteiger partial charge in [0.15, 0.2) is 0 Å². The zero-order valence-electron chi connectivity index (χ0n) is 15.9. The van der Waals surface area contributed by atoms with E-state index in [1.54, 1.807) is 6.07 Å². The number of hydrogen-bond acceptors (Lipinski definition) is 4. The minimum absolute atomic E-state index is 0.00242. The molecule has 3 aromatic rings. The number of carbonyl (C=O) groups excluding carboxylic acids is 1. The molecule has 7 heteroatoms. The smallest absolute Gasteiger partial charge is 0.238 e. The fraction of sp³-hybridized carbons (Fsp3) is 0.333. The van der Waals surface area contributed by atoms with E-state index in [9.17, 15) is 4.79 Å². The van der Waals surface area contributed by atoms with E-state index in [0.717, 1.165) is 60.8 Å². The Labute approximate surface area is 169 Å². The Hall–Kier alpha value is -2.57. The Morgan fingerprint density at radius 1 is 1.18 bits per heavy atom. The maximum absolute atomic E-state index is 12.5. The number of aromatic nitrogens is 2. The van der Waals surface area contributed by atoms with Gasteiger partial charge in [0.1, 0.15) is 0 Å². The molecule has 2 N–H and O–H groups in total. The Morgan fingerprint density at radius 2 is 2.04 bits per heavy atom. The molecule has 0 saturated carbocycles. The van der Waals surface area contributed by atoms with Gasteiger partial charge in [-0.15, -0.1) is 0 Å². The first kappa shape index (κ1) is 18.8. The summed E-state index contributed by atoms with van der Waals surface area (Å²) >= 11 is 5.98. The molecule has 0 spiro atoms. The fourth-order valence-electron chi connectivity index (χ4n) is 3.59. The molecule has 1 aliphatic heterocycles. The molecule has 1 fully saturated rings. The quantitative estimate of drug-likeness (QED) is 0.705. The number of benzene rings is 2. The molecule has 2 heterocycles. The van der Waals surface area contributed by atoms with Gasteiger partial charge in [0, 0.05) is 36.9 Å². The first-order valence-electron chi connectivity index (χ1n) is 9.56. The van der Waals surface area contributed by atoms with Gasteiger partial charge in [-0.3, -0.25) is 9.69 Å². The number of para-hydroxylation sites is 2. The molecule has 1 aliphatic rings. The van der Waals surface area contributed by atoms with Crippen molar-refractivity contribution >= 4 is 40.2 Å². The molecule has 4 rings (SSSR count). The zero-order valence-corrected chi connectivity index (χ0v) is 16.7. The molecular formula is C21H24ClN5O. The highest BCUT2D eigenvalue weighted by Crippen LogP contribution is 2.20. The molecule has 1 saturated heterocycles. The average molecular weight is 398 g/mol. The Bertz CT molecular complexity index is 953. The fourth-order valence-corrected chi connectivity index (χ4v) is 3.82. The first-order valence-corrected chi connectivity index (χ1v) is 9.94. The number of H-pyrrole nitrogens is 1. The summed E-state index contributed by atoms with van der Waals surface area (Å²) in [5.41, 5.74) is 3.81. The molecule has 1 amide bonds. The van der Waals surface area contributed by atoms with E-state index >= 15 is 0 Å². The van der Waals surface area contributed by atoms with Crippen LogP contribution in [-0.4, -0.2) is 53.5 Å². The Morgan fingerprint density at radius 3 is 2.86 bits per heavy atom. The third-order valence-corrected chi connectivity index (χ3v) is 5.33. The summed E-state index contributed by atoms with van der Waals surface area (Å²) in [5, 5.41) is 3.67. The second kappa shape index (κ2) is 8.20. The lowest BCUT2D eigenvalue weighted by atomic mass is 10.2. The number of halogens is 1. The maximum atomic E-state index is 12.5. The van der Waals surface area contributed by atoms with E-state index in [1.165, 1.54) is 0 Å². The number of fused-ring (bicyclic) bond motifs is 1. The van der Waals surface area contributed by atoms with Crippen molar-refractivity contribution in [1.29, 1.82) is 0 Å². The van der Waals surface area contributed by atoms with Crippen LogP contribution in [0.25, 0.3) is 11.0 Å². The number of carbonyl (C=O) groups is 1. The van der Waals surface area contributed by atoms with Crippen molar-refractivity contribution in [2.75, 3.05) is 42.9 Å². The van der Waals surface area contributed by atoms with Gasteiger partial charge < -0.3 is 15.2 Å². The highest BCUT2D eigenvalue weighted by Gasteiger charge is 2.19. The minimum atomic E-state index is 0.00242. The van der Waals surface area contributed by atoms with Crippen LogP contribution in [0.15, 0.2) is 42.5 Å². The summed E-state index contributed by atoms with van der Waals surface area (Å²) in [6, 6.07) is 13.6.